The van der Waals surface area contributed by atoms with Crippen LogP contribution in [0.3, 0.4) is 0 Å². The SMILES string of the molecule is CCOCCC(N)CCCc1ccccc1. The lowest BCUT2D eigenvalue weighted by Crippen LogP contribution is -2.22. The Kier molecular flexibility index (Phi) is 6.86. The van der Waals surface area contributed by atoms with E-state index in [0.29, 0.717) is 0 Å². The van der Waals surface area contributed by atoms with Gasteiger partial charge in [-0.2, -0.15) is 0 Å². The molecule has 90 valence electrons. The van der Waals surface area contributed by atoms with Crippen molar-refractivity contribution in [3.63, 3.8) is 0 Å². The first kappa shape index (κ1) is 13.2. The van der Waals surface area contributed by atoms with E-state index in [0.717, 1.165) is 38.9 Å². The van der Waals surface area contributed by atoms with Crippen molar-refractivity contribution < 1.29 is 4.74 Å². The Hall–Kier alpha value is -0.860. The van der Waals surface area contributed by atoms with Crippen LogP contribution in [-0.2, 0) is 11.2 Å². The second-order valence-electron chi connectivity index (χ2n) is 4.12. The van der Waals surface area contributed by atoms with Gasteiger partial charge in [0.15, 0.2) is 0 Å². The average molecular weight is 221 g/mol. The summed E-state index contributed by atoms with van der Waals surface area (Å²) < 4.78 is 5.29. The molecule has 1 atom stereocenters. The molecule has 0 aliphatic heterocycles. The summed E-state index contributed by atoms with van der Waals surface area (Å²) >= 11 is 0. The smallest absolute Gasteiger partial charge is 0.0480 e. The molecule has 0 bridgehead atoms. The quantitative estimate of drug-likeness (QED) is 0.685. The molecule has 2 nitrogen and oxygen atoms in total. The summed E-state index contributed by atoms with van der Waals surface area (Å²) in [5.41, 5.74) is 7.40. The lowest BCUT2D eigenvalue weighted by Gasteiger charge is -2.11. The van der Waals surface area contributed by atoms with Crippen molar-refractivity contribution in [2.75, 3.05) is 13.2 Å². The van der Waals surface area contributed by atoms with Crippen LogP contribution in [0.4, 0.5) is 0 Å². The molecule has 2 heteroatoms. The summed E-state index contributed by atoms with van der Waals surface area (Å²) in [6, 6.07) is 10.9. The molecule has 0 amide bonds. The summed E-state index contributed by atoms with van der Waals surface area (Å²) in [5, 5.41) is 0. The van der Waals surface area contributed by atoms with Crippen molar-refractivity contribution in [2.45, 2.75) is 38.6 Å². The van der Waals surface area contributed by atoms with Gasteiger partial charge < -0.3 is 10.5 Å². The molecule has 0 saturated heterocycles. The Morgan fingerprint density at radius 2 is 1.94 bits per heavy atom. The van der Waals surface area contributed by atoms with Gasteiger partial charge in [0.05, 0.1) is 0 Å². The van der Waals surface area contributed by atoms with Gasteiger partial charge in [-0.15, -0.1) is 0 Å². The van der Waals surface area contributed by atoms with E-state index in [1.165, 1.54) is 5.56 Å². The molecule has 0 aliphatic carbocycles. The van der Waals surface area contributed by atoms with Gasteiger partial charge in [-0.1, -0.05) is 30.3 Å². The second kappa shape index (κ2) is 8.31. The number of rotatable bonds is 8. The van der Waals surface area contributed by atoms with E-state index in [4.69, 9.17) is 10.5 Å². The fourth-order valence-corrected chi connectivity index (χ4v) is 1.74. The van der Waals surface area contributed by atoms with Gasteiger partial charge in [0, 0.05) is 19.3 Å². The number of aryl methyl sites for hydroxylation is 1. The normalized spacial score (nSPS) is 12.6. The predicted molar refractivity (Wildman–Crippen MR) is 68.5 cm³/mol. The molecule has 0 heterocycles. The van der Waals surface area contributed by atoms with Crippen LogP contribution in [0.2, 0.25) is 0 Å². The van der Waals surface area contributed by atoms with Crippen LogP contribution in [0.15, 0.2) is 30.3 Å². The minimum Gasteiger partial charge on any atom is -0.382 e. The average Bonchev–Trinajstić information content (AvgIpc) is 2.31. The summed E-state index contributed by atoms with van der Waals surface area (Å²) in [6.45, 7) is 3.60. The van der Waals surface area contributed by atoms with Crippen molar-refractivity contribution in [1.29, 1.82) is 0 Å². The van der Waals surface area contributed by atoms with Crippen molar-refractivity contribution >= 4 is 0 Å². The van der Waals surface area contributed by atoms with Gasteiger partial charge in [-0.05, 0) is 38.2 Å². The molecule has 0 spiro atoms. The van der Waals surface area contributed by atoms with Gasteiger partial charge in [0.2, 0.25) is 0 Å². The molecule has 1 aromatic carbocycles. The molecule has 1 unspecified atom stereocenters. The molecule has 1 aromatic rings. The molecule has 1 rings (SSSR count). The maximum atomic E-state index is 6.00. The first-order valence-electron chi connectivity index (χ1n) is 6.20. The van der Waals surface area contributed by atoms with Gasteiger partial charge in [0.1, 0.15) is 0 Å². The summed E-state index contributed by atoms with van der Waals surface area (Å²) in [7, 11) is 0. The highest BCUT2D eigenvalue weighted by molar-refractivity contribution is 5.14. The third-order valence-corrected chi connectivity index (χ3v) is 2.72. The largest absolute Gasteiger partial charge is 0.382 e. The Morgan fingerprint density at radius 3 is 2.62 bits per heavy atom. The standard InChI is InChI=1S/C14H23NO/c1-2-16-12-11-14(15)10-6-9-13-7-4-3-5-8-13/h3-5,7-8,14H,2,6,9-12,15H2,1H3. The van der Waals surface area contributed by atoms with E-state index < -0.39 is 0 Å². The fourth-order valence-electron chi connectivity index (χ4n) is 1.74. The van der Waals surface area contributed by atoms with Crippen LogP contribution in [0, 0.1) is 0 Å². The monoisotopic (exact) mass is 221 g/mol. The molecule has 0 fully saturated rings. The van der Waals surface area contributed by atoms with Crippen molar-refractivity contribution in [3.8, 4) is 0 Å². The molecule has 0 aliphatic rings. The van der Waals surface area contributed by atoms with Crippen LogP contribution >= 0.6 is 0 Å². The zero-order valence-electron chi connectivity index (χ0n) is 10.2. The van der Waals surface area contributed by atoms with Crippen molar-refractivity contribution in [2.24, 2.45) is 5.73 Å². The summed E-state index contributed by atoms with van der Waals surface area (Å²) in [4.78, 5) is 0. The van der Waals surface area contributed by atoms with Crippen LogP contribution in [0.1, 0.15) is 31.7 Å². The molecule has 0 aromatic heterocycles. The molecular formula is C14H23NO. The Morgan fingerprint density at radius 1 is 1.19 bits per heavy atom. The van der Waals surface area contributed by atoms with Crippen LogP contribution in [0.25, 0.3) is 0 Å². The van der Waals surface area contributed by atoms with Gasteiger partial charge in [0.25, 0.3) is 0 Å². The fraction of sp³-hybridized carbons (Fsp3) is 0.571. The van der Waals surface area contributed by atoms with E-state index >= 15 is 0 Å². The summed E-state index contributed by atoms with van der Waals surface area (Å²) in [6.07, 6.45) is 4.35. The van der Waals surface area contributed by atoms with Crippen molar-refractivity contribution in [3.05, 3.63) is 35.9 Å². The van der Waals surface area contributed by atoms with E-state index in [9.17, 15) is 0 Å². The predicted octanol–water partition coefficient (Wildman–Crippen LogP) is 2.76. The molecular weight excluding hydrogens is 198 g/mol. The van der Waals surface area contributed by atoms with Gasteiger partial charge in [-0.25, -0.2) is 0 Å². The zero-order valence-corrected chi connectivity index (χ0v) is 10.2. The highest BCUT2D eigenvalue weighted by atomic mass is 16.5. The molecule has 0 radical (unpaired) electrons. The topological polar surface area (TPSA) is 35.2 Å². The van der Waals surface area contributed by atoms with E-state index in [-0.39, 0.29) is 6.04 Å². The van der Waals surface area contributed by atoms with Crippen LogP contribution in [0.5, 0.6) is 0 Å². The molecule has 2 N–H and O–H groups in total. The highest BCUT2D eigenvalue weighted by Crippen LogP contribution is 2.07. The minimum atomic E-state index is 0.287. The van der Waals surface area contributed by atoms with Gasteiger partial charge in [-0.3, -0.25) is 0 Å². The summed E-state index contributed by atoms with van der Waals surface area (Å²) in [5.74, 6) is 0. The molecule has 0 saturated carbocycles. The van der Waals surface area contributed by atoms with Crippen molar-refractivity contribution in [1.82, 2.24) is 0 Å². The number of hydrogen-bond donors (Lipinski definition) is 1. The minimum absolute atomic E-state index is 0.287. The lowest BCUT2D eigenvalue weighted by molar-refractivity contribution is 0.139. The van der Waals surface area contributed by atoms with Gasteiger partial charge >= 0.3 is 0 Å². The number of benzene rings is 1. The van der Waals surface area contributed by atoms with E-state index in [1.807, 2.05) is 6.92 Å². The first-order chi connectivity index (χ1) is 7.83. The Balaban J connectivity index is 2.06. The van der Waals surface area contributed by atoms with E-state index in [1.54, 1.807) is 0 Å². The number of ether oxygens (including phenoxy) is 1. The Labute approximate surface area is 98.8 Å². The second-order valence-corrected chi connectivity index (χ2v) is 4.12. The van der Waals surface area contributed by atoms with Crippen LogP contribution in [-0.4, -0.2) is 19.3 Å². The van der Waals surface area contributed by atoms with Crippen LogP contribution < -0.4 is 5.73 Å². The highest BCUT2D eigenvalue weighted by Gasteiger charge is 2.02. The molecule has 16 heavy (non-hydrogen) atoms. The number of hydrogen-bond acceptors (Lipinski definition) is 2. The lowest BCUT2D eigenvalue weighted by atomic mass is 10.0. The third kappa shape index (κ3) is 5.89. The third-order valence-electron chi connectivity index (χ3n) is 2.72. The maximum Gasteiger partial charge on any atom is 0.0480 e. The van der Waals surface area contributed by atoms with E-state index in [2.05, 4.69) is 30.3 Å². The first-order valence-corrected chi connectivity index (χ1v) is 6.20. The number of nitrogens with two attached hydrogens (primary N) is 1. The Bertz CT molecular complexity index is 261. The zero-order chi connectivity index (χ0) is 11.6. The maximum absolute atomic E-state index is 6.00.